The Kier molecular flexibility index (Phi) is 3.57. The Labute approximate surface area is 117 Å². The monoisotopic (exact) mass is 327 g/mol. The zero-order chi connectivity index (χ0) is 14.2. The number of amides is 1. The van der Waals surface area contributed by atoms with Crippen molar-refractivity contribution in [2.45, 2.75) is 6.92 Å². The number of hydrogen-bond donors (Lipinski definition) is 1. The maximum absolute atomic E-state index is 13.6. The Morgan fingerprint density at radius 1 is 1.53 bits per heavy atom. The van der Waals surface area contributed by atoms with Crippen LogP contribution >= 0.6 is 15.9 Å². The molecular weight excluding hydrogens is 317 g/mol. The van der Waals surface area contributed by atoms with Crippen LogP contribution in [0.15, 0.2) is 22.7 Å². The van der Waals surface area contributed by atoms with Gasteiger partial charge in [0, 0.05) is 11.5 Å². The van der Waals surface area contributed by atoms with Gasteiger partial charge in [-0.2, -0.15) is 5.10 Å². The van der Waals surface area contributed by atoms with E-state index >= 15 is 0 Å². The van der Waals surface area contributed by atoms with Crippen LogP contribution in [-0.2, 0) is 7.05 Å². The quantitative estimate of drug-likeness (QED) is 0.941. The van der Waals surface area contributed by atoms with Gasteiger partial charge in [-0.15, -0.1) is 0 Å². The summed E-state index contributed by atoms with van der Waals surface area (Å²) in [4.78, 5) is 11.4. The second kappa shape index (κ2) is 5.00. The molecule has 1 aromatic carbocycles. The van der Waals surface area contributed by atoms with Crippen molar-refractivity contribution in [2.75, 3.05) is 0 Å². The molecule has 0 spiro atoms. The predicted octanol–water partition coefficient (Wildman–Crippen LogP) is 2.52. The number of rotatable bonds is 3. The molecule has 0 unspecified atom stereocenters. The molecule has 19 heavy (non-hydrogen) atoms. The Balaban J connectivity index is 2.49. The first-order valence-electron chi connectivity index (χ1n) is 5.36. The average molecular weight is 328 g/mol. The SMILES string of the molecule is Cc1nn(C)c(Oc2cc(Br)ccc2F)c1C(N)=O. The Morgan fingerprint density at radius 2 is 2.21 bits per heavy atom. The maximum Gasteiger partial charge on any atom is 0.256 e. The largest absolute Gasteiger partial charge is 0.435 e. The molecule has 7 heteroatoms. The molecule has 0 bridgehead atoms. The van der Waals surface area contributed by atoms with Gasteiger partial charge < -0.3 is 10.5 Å². The molecule has 5 nitrogen and oxygen atoms in total. The summed E-state index contributed by atoms with van der Waals surface area (Å²) < 4.78 is 21.1. The highest BCUT2D eigenvalue weighted by molar-refractivity contribution is 9.10. The van der Waals surface area contributed by atoms with Gasteiger partial charge in [0.05, 0.1) is 5.69 Å². The standard InChI is InChI=1S/C12H11BrFN3O2/c1-6-10(11(15)18)12(17(2)16-6)19-9-5-7(13)3-4-8(9)14/h3-5H,1-2H3,(H2,15,18). The highest BCUT2D eigenvalue weighted by atomic mass is 79.9. The summed E-state index contributed by atoms with van der Waals surface area (Å²) in [6, 6.07) is 4.26. The first kappa shape index (κ1) is 13.5. The van der Waals surface area contributed by atoms with Gasteiger partial charge in [0.15, 0.2) is 11.6 Å². The second-order valence-corrected chi connectivity index (χ2v) is 4.85. The van der Waals surface area contributed by atoms with Crippen molar-refractivity contribution < 1.29 is 13.9 Å². The molecule has 1 amide bonds. The molecular formula is C12H11BrFN3O2. The smallest absolute Gasteiger partial charge is 0.256 e. The molecule has 2 aromatic rings. The summed E-state index contributed by atoms with van der Waals surface area (Å²) in [6.45, 7) is 1.63. The highest BCUT2D eigenvalue weighted by Crippen LogP contribution is 2.30. The van der Waals surface area contributed by atoms with E-state index in [1.54, 1.807) is 20.0 Å². The van der Waals surface area contributed by atoms with Crippen molar-refractivity contribution >= 4 is 21.8 Å². The minimum atomic E-state index is -0.670. The molecule has 0 fully saturated rings. The van der Waals surface area contributed by atoms with Crippen LogP contribution in [0.25, 0.3) is 0 Å². The van der Waals surface area contributed by atoms with E-state index in [0.29, 0.717) is 10.2 Å². The highest BCUT2D eigenvalue weighted by Gasteiger charge is 2.21. The van der Waals surface area contributed by atoms with Gasteiger partial charge in [-0.1, -0.05) is 15.9 Å². The van der Waals surface area contributed by atoms with E-state index in [4.69, 9.17) is 10.5 Å². The lowest BCUT2D eigenvalue weighted by Crippen LogP contribution is -2.13. The molecule has 0 aliphatic heterocycles. The summed E-state index contributed by atoms with van der Waals surface area (Å²) in [5.74, 6) is -1.12. The molecule has 0 aliphatic carbocycles. The number of primary amides is 1. The number of nitrogens with two attached hydrogens (primary N) is 1. The van der Waals surface area contributed by atoms with Crippen molar-refractivity contribution in [1.82, 2.24) is 9.78 Å². The van der Waals surface area contributed by atoms with E-state index in [9.17, 15) is 9.18 Å². The number of benzene rings is 1. The first-order valence-corrected chi connectivity index (χ1v) is 6.15. The van der Waals surface area contributed by atoms with Crippen molar-refractivity contribution in [3.8, 4) is 11.6 Å². The fraction of sp³-hybridized carbons (Fsp3) is 0.167. The topological polar surface area (TPSA) is 70.1 Å². The van der Waals surface area contributed by atoms with Crippen LogP contribution in [0.4, 0.5) is 4.39 Å². The van der Waals surface area contributed by atoms with Crippen LogP contribution in [0.3, 0.4) is 0 Å². The number of aryl methyl sites for hydroxylation is 2. The molecule has 0 atom stereocenters. The van der Waals surface area contributed by atoms with Crippen LogP contribution in [-0.4, -0.2) is 15.7 Å². The van der Waals surface area contributed by atoms with E-state index in [1.165, 1.54) is 16.8 Å². The van der Waals surface area contributed by atoms with E-state index in [-0.39, 0.29) is 17.2 Å². The third-order valence-electron chi connectivity index (χ3n) is 2.52. The van der Waals surface area contributed by atoms with E-state index < -0.39 is 11.7 Å². The minimum Gasteiger partial charge on any atom is -0.435 e. The third-order valence-corrected chi connectivity index (χ3v) is 3.01. The van der Waals surface area contributed by atoms with Gasteiger partial charge in [-0.25, -0.2) is 9.07 Å². The summed E-state index contributed by atoms with van der Waals surface area (Å²) in [5.41, 5.74) is 5.85. The normalized spacial score (nSPS) is 10.5. The second-order valence-electron chi connectivity index (χ2n) is 3.93. The number of hydrogen-bond acceptors (Lipinski definition) is 3. The molecule has 1 aromatic heterocycles. The summed E-state index contributed by atoms with van der Waals surface area (Å²) in [7, 11) is 1.59. The van der Waals surface area contributed by atoms with Crippen LogP contribution in [0.5, 0.6) is 11.6 Å². The van der Waals surface area contributed by atoms with E-state index in [1.807, 2.05) is 0 Å². The lowest BCUT2D eigenvalue weighted by atomic mass is 10.2. The zero-order valence-electron chi connectivity index (χ0n) is 10.3. The van der Waals surface area contributed by atoms with Gasteiger partial charge in [0.2, 0.25) is 5.88 Å². The minimum absolute atomic E-state index is 0.0140. The number of ether oxygens (including phenoxy) is 1. The third kappa shape index (κ3) is 2.60. The number of carbonyl (C=O) groups excluding carboxylic acids is 1. The molecule has 0 aliphatic rings. The summed E-state index contributed by atoms with van der Waals surface area (Å²) in [5, 5.41) is 4.04. The number of halogens is 2. The number of nitrogens with zero attached hydrogens (tertiary/aromatic N) is 2. The molecule has 1 heterocycles. The van der Waals surface area contributed by atoms with Crippen molar-refractivity contribution in [1.29, 1.82) is 0 Å². The van der Waals surface area contributed by atoms with Gasteiger partial charge in [0.1, 0.15) is 5.56 Å². The van der Waals surface area contributed by atoms with Gasteiger partial charge in [0.25, 0.3) is 5.91 Å². The van der Waals surface area contributed by atoms with Gasteiger partial charge in [-0.05, 0) is 25.1 Å². The van der Waals surface area contributed by atoms with Crippen molar-refractivity contribution in [3.63, 3.8) is 0 Å². The van der Waals surface area contributed by atoms with Crippen LogP contribution in [0.2, 0.25) is 0 Å². The van der Waals surface area contributed by atoms with E-state index in [2.05, 4.69) is 21.0 Å². The van der Waals surface area contributed by atoms with Crippen LogP contribution < -0.4 is 10.5 Å². The molecule has 0 saturated heterocycles. The molecule has 0 saturated carbocycles. The fourth-order valence-corrected chi connectivity index (χ4v) is 2.04. The Morgan fingerprint density at radius 3 is 2.84 bits per heavy atom. The van der Waals surface area contributed by atoms with E-state index in [0.717, 1.165) is 0 Å². The molecule has 2 N–H and O–H groups in total. The summed E-state index contributed by atoms with van der Waals surface area (Å²) >= 11 is 3.22. The predicted molar refractivity (Wildman–Crippen MR) is 70.6 cm³/mol. The van der Waals surface area contributed by atoms with Crippen LogP contribution in [0.1, 0.15) is 16.1 Å². The lowest BCUT2D eigenvalue weighted by molar-refractivity contribution is 0.0997. The summed E-state index contributed by atoms with van der Waals surface area (Å²) in [6.07, 6.45) is 0. The van der Waals surface area contributed by atoms with Crippen molar-refractivity contribution in [2.24, 2.45) is 12.8 Å². The molecule has 100 valence electrons. The van der Waals surface area contributed by atoms with Crippen molar-refractivity contribution in [3.05, 3.63) is 39.7 Å². The Bertz CT molecular complexity index is 655. The number of aromatic nitrogens is 2. The number of carbonyl (C=O) groups is 1. The lowest BCUT2D eigenvalue weighted by Gasteiger charge is -2.08. The zero-order valence-corrected chi connectivity index (χ0v) is 11.9. The Hall–Kier alpha value is -1.89. The molecule has 2 rings (SSSR count). The average Bonchev–Trinajstić information content (AvgIpc) is 2.59. The first-order chi connectivity index (χ1) is 8.90. The molecule has 0 radical (unpaired) electrons. The maximum atomic E-state index is 13.6. The van der Waals surface area contributed by atoms with Gasteiger partial charge >= 0.3 is 0 Å². The van der Waals surface area contributed by atoms with Gasteiger partial charge in [-0.3, -0.25) is 4.79 Å². The fourth-order valence-electron chi connectivity index (χ4n) is 1.70. The van der Waals surface area contributed by atoms with Crippen LogP contribution in [0, 0.1) is 12.7 Å².